The van der Waals surface area contributed by atoms with Crippen LogP contribution >= 0.6 is 0 Å². The molecule has 1 heterocycles. The third kappa shape index (κ3) is 4.37. The molecular formula is C14H27N3O3. The number of rotatable bonds is 6. The molecule has 1 aliphatic heterocycles. The van der Waals surface area contributed by atoms with Crippen LogP contribution in [0.3, 0.4) is 0 Å². The molecule has 1 saturated heterocycles. The first kappa shape index (κ1) is 16.8. The summed E-state index contributed by atoms with van der Waals surface area (Å²) in [6.07, 6.45) is 1.04. The molecule has 0 unspecified atom stereocenters. The number of piperidine rings is 1. The summed E-state index contributed by atoms with van der Waals surface area (Å²) < 4.78 is 0. The lowest BCUT2D eigenvalue weighted by molar-refractivity contribution is -0.150. The minimum absolute atomic E-state index is 0.0791. The Labute approximate surface area is 121 Å². The van der Waals surface area contributed by atoms with Crippen LogP contribution in [0, 0.1) is 5.41 Å². The van der Waals surface area contributed by atoms with Crippen LogP contribution in [0.15, 0.2) is 0 Å². The molecule has 0 aliphatic carbocycles. The van der Waals surface area contributed by atoms with E-state index >= 15 is 0 Å². The Balaban J connectivity index is 2.31. The molecule has 0 aromatic rings. The van der Waals surface area contributed by atoms with Crippen molar-refractivity contribution in [3.63, 3.8) is 0 Å². The van der Waals surface area contributed by atoms with Gasteiger partial charge in [0.15, 0.2) is 0 Å². The number of carbonyl (C=O) groups excluding carboxylic acids is 1. The Hall–Kier alpha value is -1.30. The first-order valence-corrected chi connectivity index (χ1v) is 7.41. The van der Waals surface area contributed by atoms with Crippen molar-refractivity contribution in [2.45, 2.75) is 33.6 Å². The van der Waals surface area contributed by atoms with Gasteiger partial charge in [-0.2, -0.15) is 0 Å². The minimum Gasteiger partial charge on any atom is -0.481 e. The maximum Gasteiger partial charge on any atom is 0.317 e. The van der Waals surface area contributed by atoms with Gasteiger partial charge >= 0.3 is 12.0 Å². The summed E-state index contributed by atoms with van der Waals surface area (Å²) in [5, 5.41) is 12.1. The van der Waals surface area contributed by atoms with E-state index in [1.807, 2.05) is 0 Å². The third-order valence-electron chi connectivity index (χ3n) is 4.27. The van der Waals surface area contributed by atoms with Gasteiger partial charge < -0.3 is 20.2 Å². The molecule has 20 heavy (non-hydrogen) atoms. The molecule has 0 spiro atoms. The maximum absolute atomic E-state index is 12.0. The largest absolute Gasteiger partial charge is 0.481 e. The van der Waals surface area contributed by atoms with Gasteiger partial charge in [-0.25, -0.2) is 4.79 Å². The highest BCUT2D eigenvalue weighted by Gasteiger charge is 2.37. The smallest absolute Gasteiger partial charge is 0.317 e. The van der Waals surface area contributed by atoms with Crippen LogP contribution in [-0.2, 0) is 4.79 Å². The van der Waals surface area contributed by atoms with Crippen molar-refractivity contribution < 1.29 is 14.7 Å². The molecule has 1 fully saturated rings. The molecule has 0 radical (unpaired) electrons. The number of amides is 2. The van der Waals surface area contributed by atoms with Gasteiger partial charge in [0.25, 0.3) is 0 Å². The van der Waals surface area contributed by atoms with E-state index in [1.165, 1.54) is 0 Å². The Bertz CT molecular complexity index is 335. The Morgan fingerprint density at radius 2 is 1.80 bits per heavy atom. The molecule has 2 amide bonds. The summed E-state index contributed by atoms with van der Waals surface area (Å²) in [4.78, 5) is 27.1. The molecule has 0 aromatic heterocycles. The summed E-state index contributed by atoms with van der Waals surface area (Å²) in [6.45, 7) is 10.4. The normalized spacial score (nSPS) is 18.1. The summed E-state index contributed by atoms with van der Waals surface area (Å²) in [5.41, 5.74) is -0.683. The number of hydrogen-bond donors (Lipinski definition) is 2. The van der Waals surface area contributed by atoms with Crippen molar-refractivity contribution in [1.82, 2.24) is 15.1 Å². The average molecular weight is 285 g/mol. The van der Waals surface area contributed by atoms with Gasteiger partial charge in [-0.1, -0.05) is 13.8 Å². The Morgan fingerprint density at radius 3 is 2.25 bits per heavy atom. The van der Waals surface area contributed by atoms with Gasteiger partial charge in [0, 0.05) is 26.2 Å². The van der Waals surface area contributed by atoms with Crippen LogP contribution in [-0.4, -0.2) is 66.2 Å². The standard InChI is InChI=1S/C14H27N3O3/c1-4-16(5-2)11-8-15-13(20)17-9-6-14(3,7-10-17)12(18)19/h4-11H2,1-3H3,(H,15,20)(H,18,19). The zero-order chi connectivity index (χ0) is 15.2. The van der Waals surface area contributed by atoms with Gasteiger partial charge in [-0.05, 0) is 32.9 Å². The van der Waals surface area contributed by atoms with E-state index in [-0.39, 0.29) is 6.03 Å². The van der Waals surface area contributed by atoms with E-state index in [1.54, 1.807) is 11.8 Å². The van der Waals surface area contributed by atoms with Crippen LogP contribution in [0.2, 0.25) is 0 Å². The molecule has 116 valence electrons. The number of carboxylic acids is 1. The van der Waals surface area contributed by atoms with Crippen molar-refractivity contribution in [1.29, 1.82) is 0 Å². The molecule has 0 aromatic carbocycles. The number of hydrogen-bond acceptors (Lipinski definition) is 3. The lowest BCUT2D eigenvalue weighted by Crippen LogP contribution is -2.49. The monoisotopic (exact) mass is 285 g/mol. The average Bonchev–Trinajstić information content (AvgIpc) is 2.44. The summed E-state index contributed by atoms with van der Waals surface area (Å²) in [5.74, 6) is -0.765. The quantitative estimate of drug-likeness (QED) is 0.770. The SMILES string of the molecule is CCN(CC)CCNC(=O)N1CCC(C)(C(=O)O)CC1. The van der Waals surface area contributed by atoms with Crippen molar-refractivity contribution in [3.8, 4) is 0 Å². The second-order valence-electron chi connectivity index (χ2n) is 5.61. The predicted octanol–water partition coefficient (Wildman–Crippen LogP) is 1.22. The van der Waals surface area contributed by atoms with Crippen LogP contribution in [0.25, 0.3) is 0 Å². The number of likely N-dealkylation sites (tertiary alicyclic amines) is 1. The number of nitrogens with zero attached hydrogens (tertiary/aromatic N) is 2. The summed E-state index contributed by atoms with van der Waals surface area (Å²) in [7, 11) is 0. The van der Waals surface area contributed by atoms with Gasteiger partial charge in [-0.3, -0.25) is 4.79 Å². The third-order valence-corrected chi connectivity index (χ3v) is 4.27. The number of urea groups is 1. The Morgan fingerprint density at radius 1 is 1.25 bits per heavy atom. The first-order chi connectivity index (χ1) is 9.42. The van der Waals surface area contributed by atoms with Crippen LogP contribution in [0.5, 0.6) is 0 Å². The molecule has 0 saturated carbocycles. The number of carbonyl (C=O) groups is 2. The van der Waals surface area contributed by atoms with E-state index in [0.29, 0.717) is 32.5 Å². The highest BCUT2D eigenvalue weighted by atomic mass is 16.4. The van der Waals surface area contributed by atoms with E-state index in [9.17, 15) is 9.59 Å². The lowest BCUT2D eigenvalue weighted by Gasteiger charge is -2.36. The van der Waals surface area contributed by atoms with Gasteiger partial charge in [-0.15, -0.1) is 0 Å². The number of likely N-dealkylation sites (N-methyl/N-ethyl adjacent to an activating group) is 1. The van der Waals surface area contributed by atoms with E-state index in [2.05, 4.69) is 24.1 Å². The number of carboxylic acid groups (broad SMARTS) is 1. The second kappa shape index (κ2) is 7.47. The van der Waals surface area contributed by atoms with Crippen molar-refractivity contribution in [2.24, 2.45) is 5.41 Å². The number of nitrogens with one attached hydrogen (secondary N) is 1. The van der Waals surface area contributed by atoms with Gasteiger partial charge in [0.2, 0.25) is 0 Å². The second-order valence-corrected chi connectivity index (χ2v) is 5.61. The molecule has 2 N–H and O–H groups in total. The van der Waals surface area contributed by atoms with Crippen molar-refractivity contribution >= 4 is 12.0 Å². The molecule has 1 rings (SSSR count). The van der Waals surface area contributed by atoms with Gasteiger partial charge in [0.05, 0.1) is 5.41 Å². The van der Waals surface area contributed by atoms with E-state index in [0.717, 1.165) is 19.6 Å². The fourth-order valence-electron chi connectivity index (χ4n) is 2.39. The highest BCUT2D eigenvalue weighted by molar-refractivity contribution is 5.76. The highest BCUT2D eigenvalue weighted by Crippen LogP contribution is 2.30. The van der Waals surface area contributed by atoms with Crippen molar-refractivity contribution in [3.05, 3.63) is 0 Å². The van der Waals surface area contributed by atoms with E-state index < -0.39 is 11.4 Å². The molecular weight excluding hydrogens is 258 g/mol. The molecule has 0 atom stereocenters. The first-order valence-electron chi connectivity index (χ1n) is 7.41. The van der Waals surface area contributed by atoms with Crippen molar-refractivity contribution in [2.75, 3.05) is 39.3 Å². The zero-order valence-corrected chi connectivity index (χ0v) is 12.8. The summed E-state index contributed by atoms with van der Waals surface area (Å²) >= 11 is 0. The van der Waals surface area contributed by atoms with Gasteiger partial charge in [0.1, 0.15) is 0 Å². The molecule has 6 heteroatoms. The van der Waals surface area contributed by atoms with Crippen LogP contribution in [0.1, 0.15) is 33.6 Å². The molecule has 6 nitrogen and oxygen atoms in total. The fourth-order valence-corrected chi connectivity index (χ4v) is 2.39. The van der Waals surface area contributed by atoms with Crippen LogP contribution in [0.4, 0.5) is 4.79 Å². The lowest BCUT2D eigenvalue weighted by atomic mass is 9.80. The van der Waals surface area contributed by atoms with Crippen LogP contribution < -0.4 is 5.32 Å². The predicted molar refractivity (Wildman–Crippen MR) is 77.7 cm³/mol. The molecule has 1 aliphatic rings. The summed E-state index contributed by atoms with van der Waals surface area (Å²) in [6, 6.07) is -0.0791. The maximum atomic E-state index is 12.0. The topological polar surface area (TPSA) is 72.9 Å². The Kier molecular flexibility index (Phi) is 6.26. The molecule has 0 bridgehead atoms. The fraction of sp³-hybridized carbons (Fsp3) is 0.857. The zero-order valence-electron chi connectivity index (χ0n) is 12.8. The van der Waals surface area contributed by atoms with E-state index in [4.69, 9.17) is 5.11 Å². The minimum atomic E-state index is -0.765. The number of aliphatic carboxylic acids is 1.